The molecule has 78 valence electrons. The molecule has 0 aliphatic heterocycles. The predicted octanol–water partition coefficient (Wildman–Crippen LogP) is 2.74. The average Bonchev–Trinajstić information content (AvgIpc) is 2.55. The number of anilines is 2. The Kier molecular flexibility index (Phi) is 3.95. The number of rotatable bonds is 5. The van der Waals surface area contributed by atoms with E-state index >= 15 is 0 Å². The van der Waals surface area contributed by atoms with E-state index in [0.29, 0.717) is 17.0 Å². The molecule has 1 rings (SSSR count). The van der Waals surface area contributed by atoms with Gasteiger partial charge in [-0.05, 0) is 12.5 Å². The quantitative estimate of drug-likeness (QED) is 0.738. The fraction of sp³-hybridized carbons (Fsp3) is 0.500. The minimum absolute atomic E-state index is 0.122. The summed E-state index contributed by atoms with van der Waals surface area (Å²) in [7, 11) is 0. The highest BCUT2D eigenvalue weighted by Crippen LogP contribution is 2.30. The molecule has 14 heavy (non-hydrogen) atoms. The third-order valence-electron chi connectivity index (χ3n) is 1.88. The minimum Gasteiger partial charge on any atom is -0.397 e. The lowest BCUT2D eigenvalue weighted by Gasteiger charge is -1.97. The highest BCUT2D eigenvalue weighted by molar-refractivity contribution is 7.18. The van der Waals surface area contributed by atoms with Gasteiger partial charge in [-0.1, -0.05) is 13.8 Å². The number of nitrogens with two attached hydrogens (primary N) is 1. The molecule has 0 saturated carbocycles. The van der Waals surface area contributed by atoms with Crippen LogP contribution in [0.3, 0.4) is 0 Å². The van der Waals surface area contributed by atoms with Gasteiger partial charge in [-0.3, -0.25) is 4.79 Å². The fourth-order valence-corrected chi connectivity index (χ4v) is 2.13. The Balaban J connectivity index is 2.77. The zero-order chi connectivity index (χ0) is 10.6. The molecule has 1 aromatic rings. The van der Waals surface area contributed by atoms with Crippen LogP contribution in [0.15, 0.2) is 6.07 Å². The molecule has 1 heterocycles. The maximum atomic E-state index is 11.4. The van der Waals surface area contributed by atoms with Gasteiger partial charge in [0.15, 0.2) is 5.78 Å². The number of hydrogen-bond donors (Lipinski definition) is 2. The molecule has 0 bridgehead atoms. The first-order chi connectivity index (χ1) is 6.69. The molecule has 0 aliphatic rings. The molecule has 0 unspecified atom stereocenters. The second-order valence-electron chi connectivity index (χ2n) is 3.10. The van der Waals surface area contributed by atoms with Crippen LogP contribution in [-0.2, 0) is 0 Å². The molecule has 3 nitrogen and oxygen atoms in total. The summed E-state index contributed by atoms with van der Waals surface area (Å²) in [5, 5.41) is 4.21. The zero-order valence-corrected chi connectivity index (χ0v) is 9.41. The largest absolute Gasteiger partial charge is 0.397 e. The van der Waals surface area contributed by atoms with Crippen molar-refractivity contribution in [3.8, 4) is 0 Å². The Hall–Kier alpha value is -1.03. The van der Waals surface area contributed by atoms with Gasteiger partial charge in [0.05, 0.1) is 15.6 Å². The molecule has 1 aromatic heterocycles. The van der Waals surface area contributed by atoms with E-state index in [-0.39, 0.29) is 5.78 Å². The maximum absolute atomic E-state index is 11.4. The van der Waals surface area contributed by atoms with Crippen molar-refractivity contribution in [3.63, 3.8) is 0 Å². The Morgan fingerprint density at radius 1 is 1.57 bits per heavy atom. The average molecular weight is 212 g/mol. The summed E-state index contributed by atoms with van der Waals surface area (Å²) in [6.07, 6.45) is 1.58. The first kappa shape index (κ1) is 11.0. The fourth-order valence-electron chi connectivity index (χ4n) is 1.12. The Labute approximate surface area is 88.3 Å². The van der Waals surface area contributed by atoms with Crippen LogP contribution in [0, 0.1) is 0 Å². The summed E-state index contributed by atoms with van der Waals surface area (Å²) >= 11 is 1.45. The van der Waals surface area contributed by atoms with Crippen LogP contribution < -0.4 is 11.1 Å². The SMILES string of the molecule is CCCNc1cc(N)c(C(=O)CC)s1. The van der Waals surface area contributed by atoms with Crippen molar-refractivity contribution >= 4 is 27.8 Å². The molecule has 0 amide bonds. The van der Waals surface area contributed by atoms with E-state index in [1.165, 1.54) is 11.3 Å². The number of ketones is 1. The normalized spacial score (nSPS) is 10.1. The summed E-state index contributed by atoms with van der Waals surface area (Å²) < 4.78 is 0. The van der Waals surface area contributed by atoms with Crippen LogP contribution in [0.5, 0.6) is 0 Å². The van der Waals surface area contributed by atoms with Crippen molar-refractivity contribution in [3.05, 3.63) is 10.9 Å². The van der Waals surface area contributed by atoms with Gasteiger partial charge in [-0.2, -0.15) is 0 Å². The van der Waals surface area contributed by atoms with Gasteiger partial charge in [0.25, 0.3) is 0 Å². The number of thiophene rings is 1. The number of carbonyl (C=O) groups excluding carboxylic acids is 1. The summed E-state index contributed by atoms with van der Waals surface area (Å²) in [6, 6.07) is 1.84. The van der Waals surface area contributed by atoms with E-state index in [1.54, 1.807) is 0 Å². The van der Waals surface area contributed by atoms with Gasteiger partial charge < -0.3 is 11.1 Å². The monoisotopic (exact) mass is 212 g/mol. The van der Waals surface area contributed by atoms with Crippen molar-refractivity contribution in [2.45, 2.75) is 26.7 Å². The Bertz CT molecular complexity index is 320. The van der Waals surface area contributed by atoms with Gasteiger partial charge in [-0.25, -0.2) is 0 Å². The molecule has 0 radical (unpaired) electrons. The number of carbonyl (C=O) groups is 1. The smallest absolute Gasteiger partial charge is 0.174 e. The van der Waals surface area contributed by atoms with E-state index in [9.17, 15) is 4.79 Å². The second kappa shape index (κ2) is 5.00. The summed E-state index contributed by atoms with van der Waals surface area (Å²) in [5.74, 6) is 0.122. The lowest BCUT2D eigenvalue weighted by atomic mass is 10.2. The van der Waals surface area contributed by atoms with Crippen molar-refractivity contribution in [1.82, 2.24) is 0 Å². The highest BCUT2D eigenvalue weighted by atomic mass is 32.1. The molecule has 0 fully saturated rings. The Morgan fingerprint density at radius 2 is 2.29 bits per heavy atom. The Morgan fingerprint density at radius 3 is 2.86 bits per heavy atom. The first-order valence-electron chi connectivity index (χ1n) is 4.85. The van der Waals surface area contributed by atoms with E-state index in [1.807, 2.05) is 13.0 Å². The topological polar surface area (TPSA) is 55.1 Å². The van der Waals surface area contributed by atoms with Crippen molar-refractivity contribution in [2.24, 2.45) is 0 Å². The summed E-state index contributed by atoms with van der Waals surface area (Å²) in [6.45, 7) is 4.86. The van der Waals surface area contributed by atoms with Crippen LogP contribution in [0.25, 0.3) is 0 Å². The highest BCUT2D eigenvalue weighted by Gasteiger charge is 2.11. The van der Waals surface area contributed by atoms with Crippen LogP contribution in [0.1, 0.15) is 36.4 Å². The van der Waals surface area contributed by atoms with E-state index in [4.69, 9.17) is 5.73 Å². The second-order valence-corrected chi connectivity index (χ2v) is 4.15. The third kappa shape index (κ3) is 2.48. The molecular weight excluding hydrogens is 196 g/mol. The predicted molar refractivity (Wildman–Crippen MR) is 62.1 cm³/mol. The molecule has 0 saturated heterocycles. The van der Waals surface area contributed by atoms with E-state index in [0.717, 1.165) is 18.0 Å². The van der Waals surface area contributed by atoms with Gasteiger partial charge in [-0.15, -0.1) is 11.3 Å². The lowest BCUT2D eigenvalue weighted by Crippen LogP contribution is -1.96. The summed E-state index contributed by atoms with van der Waals surface area (Å²) in [4.78, 5) is 12.1. The number of Topliss-reactive ketones (excluding diaryl/α,β-unsaturated/α-hetero) is 1. The van der Waals surface area contributed by atoms with Crippen molar-refractivity contribution in [1.29, 1.82) is 0 Å². The lowest BCUT2D eigenvalue weighted by molar-refractivity contribution is 0.0993. The third-order valence-corrected chi connectivity index (χ3v) is 3.03. The van der Waals surface area contributed by atoms with E-state index < -0.39 is 0 Å². The molecule has 0 aliphatic carbocycles. The number of nitrogen functional groups attached to an aromatic ring is 1. The van der Waals surface area contributed by atoms with E-state index in [2.05, 4.69) is 12.2 Å². The standard InChI is InChI=1S/C10H16N2OS/c1-3-5-12-9-6-7(11)10(14-9)8(13)4-2/h6,12H,3-5,11H2,1-2H3. The van der Waals surface area contributed by atoms with Crippen LogP contribution >= 0.6 is 11.3 Å². The molecular formula is C10H16N2OS. The molecule has 4 heteroatoms. The van der Waals surface area contributed by atoms with Crippen LogP contribution in [0.2, 0.25) is 0 Å². The van der Waals surface area contributed by atoms with Gasteiger partial charge in [0.1, 0.15) is 0 Å². The molecule has 3 N–H and O–H groups in total. The van der Waals surface area contributed by atoms with Crippen molar-refractivity contribution < 1.29 is 4.79 Å². The summed E-state index contributed by atoms with van der Waals surface area (Å²) in [5.41, 5.74) is 6.34. The maximum Gasteiger partial charge on any atom is 0.174 e. The molecule has 0 spiro atoms. The van der Waals surface area contributed by atoms with Crippen molar-refractivity contribution in [2.75, 3.05) is 17.6 Å². The number of hydrogen-bond acceptors (Lipinski definition) is 4. The van der Waals surface area contributed by atoms with Gasteiger partial charge >= 0.3 is 0 Å². The van der Waals surface area contributed by atoms with Gasteiger partial charge in [0.2, 0.25) is 0 Å². The molecule has 0 atom stereocenters. The number of nitrogens with one attached hydrogen (secondary N) is 1. The van der Waals surface area contributed by atoms with Crippen LogP contribution in [-0.4, -0.2) is 12.3 Å². The first-order valence-corrected chi connectivity index (χ1v) is 5.67. The zero-order valence-electron chi connectivity index (χ0n) is 8.59. The minimum atomic E-state index is 0.122. The van der Waals surface area contributed by atoms with Gasteiger partial charge in [0, 0.05) is 13.0 Å². The molecule has 0 aromatic carbocycles. The van der Waals surface area contributed by atoms with Crippen LogP contribution in [0.4, 0.5) is 10.7 Å².